The number of aliphatic hydroxyl groups excluding tert-OH is 2. The van der Waals surface area contributed by atoms with E-state index < -0.39 is 6.10 Å². The van der Waals surface area contributed by atoms with Crippen LogP contribution in [0.15, 0.2) is 12.1 Å². The van der Waals surface area contributed by atoms with Gasteiger partial charge in [0.15, 0.2) is 0 Å². The van der Waals surface area contributed by atoms with Gasteiger partial charge in [-0.2, -0.15) is 0 Å². The Kier molecular flexibility index (Phi) is 8.49. The van der Waals surface area contributed by atoms with Gasteiger partial charge in [-0.3, -0.25) is 0 Å². The first kappa shape index (κ1) is 17.1. The van der Waals surface area contributed by atoms with Crippen molar-refractivity contribution in [3.63, 3.8) is 0 Å². The van der Waals surface area contributed by atoms with Crippen LogP contribution < -0.4 is 0 Å². The van der Waals surface area contributed by atoms with Crippen LogP contribution in [-0.4, -0.2) is 35.5 Å². The second-order valence-electron chi connectivity index (χ2n) is 4.84. The molecule has 4 nitrogen and oxygen atoms in total. The lowest BCUT2D eigenvalue weighted by molar-refractivity contribution is 0.0489. The highest BCUT2D eigenvalue weighted by molar-refractivity contribution is 7.13. The molecule has 0 aliphatic heterocycles. The maximum absolute atomic E-state index is 11.8. The van der Waals surface area contributed by atoms with Gasteiger partial charge in [0.2, 0.25) is 0 Å². The van der Waals surface area contributed by atoms with Gasteiger partial charge in [0.1, 0.15) is 4.88 Å². The van der Waals surface area contributed by atoms with Crippen LogP contribution in [-0.2, 0) is 11.2 Å². The summed E-state index contributed by atoms with van der Waals surface area (Å²) in [5.74, 6) is -0.263. The molecule has 5 heteroatoms. The summed E-state index contributed by atoms with van der Waals surface area (Å²) < 4.78 is 5.19. The maximum Gasteiger partial charge on any atom is 0.348 e. The van der Waals surface area contributed by atoms with Crippen molar-refractivity contribution in [1.82, 2.24) is 0 Å². The molecule has 0 bridgehead atoms. The number of aliphatic hydroxyl groups is 2. The average Bonchev–Trinajstić information content (AvgIpc) is 2.93. The quantitative estimate of drug-likeness (QED) is 0.515. The summed E-state index contributed by atoms with van der Waals surface area (Å²) in [6.07, 6.45) is 4.63. The smallest absolute Gasteiger partial charge is 0.348 e. The first-order chi connectivity index (χ1) is 9.67. The Balaban J connectivity index is 2.20. The largest absolute Gasteiger partial charge is 0.462 e. The van der Waals surface area contributed by atoms with E-state index in [-0.39, 0.29) is 12.6 Å². The Morgan fingerprint density at radius 3 is 2.85 bits per heavy atom. The van der Waals surface area contributed by atoms with Crippen molar-refractivity contribution in [2.75, 3.05) is 13.2 Å². The molecule has 0 aromatic carbocycles. The zero-order chi connectivity index (χ0) is 14.8. The Labute approximate surface area is 124 Å². The van der Waals surface area contributed by atoms with E-state index in [9.17, 15) is 4.79 Å². The molecule has 0 aliphatic rings. The summed E-state index contributed by atoms with van der Waals surface area (Å²) in [6, 6.07) is 3.82. The number of carbonyl (C=O) groups is 1. The predicted octanol–water partition coefficient (Wildman–Crippen LogP) is 2.77. The minimum absolute atomic E-state index is 0.213. The van der Waals surface area contributed by atoms with E-state index in [1.54, 1.807) is 0 Å². The first-order valence-electron chi connectivity index (χ1n) is 7.22. The fourth-order valence-electron chi connectivity index (χ4n) is 1.78. The summed E-state index contributed by atoms with van der Waals surface area (Å²) in [5.41, 5.74) is 0. The standard InChI is InChI=1S/C15H24O4S/c1-2-3-7-13-8-9-14(20-13)15(18)19-10-5-4-6-12(17)11-16/h8-9,12,16-17H,2-7,10-11H2,1H3. The zero-order valence-corrected chi connectivity index (χ0v) is 12.8. The molecule has 0 radical (unpaired) electrons. The molecule has 1 heterocycles. The van der Waals surface area contributed by atoms with Crippen molar-refractivity contribution in [1.29, 1.82) is 0 Å². The molecule has 0 amide bonds. The monoisotopic (exact) mass is 300 g/mol. The van der Waals surface area contributed by atoms with Crippen molar-refractivity contribution in [3.8, 4) is 0 Å². The highest BCUT2D eigenvalue weighted by Crippen LogP contribution is 2.19. The molecule has 1 aromatic heterocycles. The van der Waals surface area contributed by atoms with E-state index in [2.05, 4.69) is 6.92 Å². The third-order valence-corrected chi connectivity index (χ3v) is 4.14. The van der Waals surface area contributed by atoms with Gasteiger partial charge in [0.25, 0.3) is 0 Å². The van der Waals surface area contributed by atoms with Crippen LogP contribution in [0.3, 0.4) is 0 Å². The van der Waals surface area contributed by atoms with Gasteiger partial charge in [-0.15, -0.1) is 11.3 Å². The van der Waals surface area contributed by atoms with Crippen LogP contribution in [0.4, 0.5) is 0 Å². The summed E-state index contributed by atoms with van der Waals surface area (Å²) in [5, 5.41) is 17.8. The second kappa shape index (κ2) is 9.91. The van der Waals surface area contributed by atoms with Crippen molar-refractivity contribution in [2.45, 2.75) is 51.6 Å². The number of hydrogen-bond acceptors (Lipinski definition) is 5. The average molecular weight is 300 g/mol. The lowest BCUT2D eigenvalue weighted by Crippen LogP contribution is -2.12. The van der Waals surface area contributed by atoms with E-state index in [1.807, 2.05) is 12.1 Å². The number of unbranched alkanes of at least 4 members (excludes halogenated alkanes) is 2. The highest BCUT2D eigenvalue weighted by atomic mass is 32.1. The predicted molar refractivity (Wildman–Crippen MR) is 80.2 cm³/mol. The number of ether oxygens (including phenoxy) is 1. The van der Waals surface area contributed by atoms with E-state index in [0.717, 1.165) is 25.7 Å². The molecule has 1 unspecified atom stereocenters. The van der Waals surface area contributed by atoms with Gasteiger partial charge in [0.05, 0.1) is 19.3 Å². The molecule has 20 heavy (non-hydrogen) atoms. The molecule has 2 N–H and O–H groups in total. The van der Waals surface area contributed by atoms with Gasteiger partial charge in [-0.25, -0.2) is 4.79 Å². The third kappa shape index (κ3) is 6.50. The van der Waals surface area contributed by atoms with Gasteiger partial charge in [-0.1, -0.05) is 13.3 Å². The Morgan fingerprint density at radius 1 is 1.35 bits per heavy atom. The number of aryl methyl sites for hydroxylation is 1. The first-order valence-corrected chi connectivity index (χ1v) is 8.03. The van der Waals surface area contributed by atoms with Gasteiger partial charge >= 0.3 is 5.97 Å². The van der Waals surface area contributed by atoms with E-state index in [0.29, 0.717) is 24.3 Å². The summed E-state index contributed by atoms with van der Waals surface area (Å²) in [4.78, 5) is 13.7. The minimum Gasteiger partial charge on any atom is -0.462 e. The number of carbonyl (C=O) groups excluding carboxylic acids is 1. The number of esters is 1. The molecule has 1 atom stereocenters. The maximum atomic E-state index is 11.8. The second-order valence-corrected chi connectivity index (χ2v) is 6.01. The third-order valence-electron chi connectivity index (χ3n) is 3.02. The Hall–Kier alpha value is -0.910. The van der Waals surface area contributed by atoms with Crippen LogP contribution in [0, 0.1) is 0 Å². The SMILES string of the molecule is CCCCc1ccc(C(=O)OCCCCC(O)CO)s1. The molecular formula is C15H24O4S. The van der Waals surface area contributed by atoms with Crippen LogP contribution in [0.2, 0.25) is 0 Å². The van der Waals surface area contributed by atoms with Crippen molar-refractivity contribution < 1.29 is 19.7 Å². The van der Waals surface area contributed by atoms with Gasteiger partial charge in [-0.05, 0) is 44.2 Å². The molecule has 0 aliphatic carbocycles. The zero-order valence-electron chi connectivity index (χ0n) is 12.0. The number of rotatable bonds is 10. The van der Waals surface area contributed by atoms with E-state index >= 15 is 0 Å². The fraction of sp³-hybridized carbons (Fsp3) is 0.667. The molecule has 1 aromatic rings. The van der Waals surface area contributed by atoms with Crippen molar-refractivity contribution in [3.05, 3.63) is 21.9 Å². The normalized spacial score (nSPS) is 12.3. The molecule has 0 spiro atoms. The summed E-state index contributed by atoms with van der Waals surface area (Å²) >= 11 is 1.51. The van der Waals surface area contributed by atoms with Crippen LogP contribution in [0.5, 0.6) is 0 Å². The number of hydrogen-bond donors (Lipinski definition) is 2. The molecule has 0 fully saturated rings. The fourth-order valence-corrected chi connectivity index (χ4v) is 2.73. The van der Waals surface area contributed by atoms with Crippen molar-refractivity contribution in [2.24, 2.45) is 0 Å². The van der Waals surface area contributed by atoms with Gasteiger partial charge in [0, 0.05) is 4.88 Å². The van der Waals surface area contributed by atoms with Gasteiger partial charge < -0.3 is 14.9 Å². The molecular weight excluding hydrogens is 276 g/mol. The lowest BCUT2D eigenvalue weighted by atomic mass is 10.2. The molecule has 1 rings (SSSR count). The number of thiophene rings is 1. The molecule has 114 valence electrons. The van der Waals surface area contributed by atoms with Crippen molar-refractivity contribution >= 4 is 17.3 Å². The topological polar surface area (TPSA) is 66.8 Å². The Morgan fingerprint density at radius 2 is 2.15 bits per heavy atom. The van der Waals surface area contributed by atoms with E-state index in [4.69, 9.17) is 14.9 Å². The van der Waals surface area contributed by atoms with Crippen LogP contribution >= 0.6 is 11.3 Å². The highest BCUT2D eigenvalue weighted by Gasteiger charge is 2.10. The van der Waals surface area contributed by atoms with Crippen LogP contribution in [0.1, 0.15) is 53.6 Å². The molecule has 0 saturated heterocycles. The lowest BCUT2D eigenvalue weighted by Gasteiger charge is -2.06. The van der Waals surface area contributed by atoms with Crippen LogP contribution in [0.25, 0.3) is 0 Å². The molecule has 0 saturated carbocycles. The summed E-state index contributed by atoms with van der Waals surface area (Å²) in [7, 11) is 0. The Bertz CT molecular complexity index is 389. The minimum atomic E-state index is -0.663. The summed E-state index contributed by atoms with van der Waals surface area (Å²) in [6.45, 7) is 2.30. The van der Waals surface area contributed by atoms with E-state index in [1.165, 1.54) is 16.2 Å².